The maximum Gasteiger partial charge on any atom is 0.315 e. The molecule has 2 heterocycles. The third kappa shape index (κ3) is 17.3. The van der Waals surface area contributed by atoms with Crippen LogP contribution in [-0.2, 0) is 48.2 Å². The van der Waals surface area contributed by atoms with Gasteiger partial charge in [0.2, 0.25) is 35.2 Å². The molecule has 94 heavy (non-hydrogen) atoms. The van der Waals surface area contributed by atoms with Crippen molar-refractivity contribution in [1.82, 2.24) is 47.0 Å². The monoisotopic (exact) mass is 1330 g/mol. The van der Waals surface area contributed by atoms with Crippen molar-refractivity contribution < 1.29 is 56.4 Å². The van der Waals surface area contributed by atoms with Gasteiger partial charge in [0.1, 0.15) is 24.2 Å². The predicted molar refractivity (Wildman–Crippen MR) is 359 cm³/mol. The second kappa shape index (κ2) is 28.5. The Morgan fingerprint density at radius 1 is 0.596 bits per heavy atom. The first-order valence-electron chi connectivity index (χ1n) is 34.6. The van der Waals surface area contributed by atoms with Gasteiger partial charge in [0.05, 0.1) is 34.7 Å². The molecule has 10 atom stereocenters. The van der Waals surface area contributed by atoms with Gasteiger partial charge < -0.3 is 52.8 Å². The number of carbonyl (C=O) groups is 10. The number of piperidine rings is 2. The molecule has 6 aliphatic carbocycles. The molecule has 4 unspecified atom stereocenters. The topological polar surface area (TPSA) is 322 Å². The normalized spacial score (nSPS) is 25.7. The molecule has 8 fully saturated rings. The number of hydrogen-bond donors (Lipinski definition) is 8. The van der Waals surface area contributed by atoms with E-state index in [2.05, 4.69) is 83.7 Å². The number of amides is 10. The molecule has 22 nitrogen and oxygen atoms in total. The number of ketones is 2. The summed E-state index contributed by atoms with van der Waals surface area (Å²) in [7, 11) is -3.55. The standard InChI is InChI=1S/C37H57N5O5.C34H55N5O7S/c1-11-13-17-25(28(43)31(45)38-22-12-2)39-30(44)27-26-24(36(26,9)10)23-42(27)32(46)29(35(6,7)8)40-33(47)41-37(18-15-14-16-19-37)21-20-34(3,4)5;1-31(2,3)26(37-30(44)38-33(13-8-7-9-14-33)19-47(45,46)32(4,5)6)29(43)39-18-21-23(34(21)15-16-34)24(39)28(42)36-22(25(40)27(35)41)17-20-11-10-12-20/h1-2,24-27,29H,13-23H2,3-10H3,(H,38,45)(H,39,44)(H2,40,41,47);20-24,26H,7-19H2,1-6H3,(H2,35,41)(H,36,42)(H2,37,38,44)/t24?,25?,26-,27-,29+;21?,22?,23-,24-,26+/m00/s1. The van der Waals surface area contributed by atoms with E-state index in [9.17, 15) is 56.4 Å². The zero-order valence-corrected chi connectivity index (χ0v) is 59.6. The van der Waals surface area contributed by atoms with E-state index in [1.54, 1.807) is 30.6 Å². The molecule has 0 aromatic rings. The molecule has 2 aliphatic heterocycles. The summed E-state index contributed by atoms with van der Waals surface area (Å²) in [6.07, 6.45) is 26.5. The minimum atomic E-state index is -3.55. The highest BCUT2D eigenvalue weighted by atomic mass is 32.2. The van der Waals surface area contributed by atoms with Gasteiger partial charge in [-0.1, -0.05) is 140 Å². The number of primary amides is 1. The minimum Gasteiger partial charge on any atom is -0.363 e. The average molecular weight is 1330 g/mol. The van der Waals surface area contributed by atoms with Gasteiger partial charge in [-0.15, -0.1) is 18.8 Å². The lowest BCUT2D eigenvalue weighted by atomic mass is 9.75. The highest BCUT2D eigenvalue weighted by Gasteiger charge is 2.79. The molecule has 6 saturated carbocycles. The van der Waals surface area contributed by atoms with Gasteiger partial charge in [0.25, 0.3) is 11.8 Å². The Balaban J connectivity index is 0.000000266. The van der Waals surface area contributed by atoms with Gasteiger partial charge in [-0.25, -0.2) is 18.0 Å². The van der Waals surface area contributed by atoms with Crippen LogP contribution in [0, 0.1) is 81.4 Å². The van der Waals surface area contributed by atoms with Crippen molar-refractivity contribution in [2.75, 3.05) is 25.4 Å². The van der Waals surface area contributed by atoms with Crippen LogP contribution in [0.15, 0.2) is 0 Å². The number of hydrogen-bond acceptors (Lipinski definition) is 12. The van der Waals surface area contributed by atoms with Crippen LogP contribution >= 0.6 is 0 Å². The van der Waals surface area contributed by atoms with Crippen molar-refractivity contribution >= 4 is 68.9 Å². The summed E-state index contributed by atoms with van der Waals surface area (Å²) in [5.74, 6) is -0.569. The van der Waals surface area contributed by atoms with Crippen LogP contribution in [0.1, 0.15) is 225 Å². The first kappa shape index (κ1) is 75.2. The second-order valence-corrected chi connectivity index (χ2v) is 36.7. The first-order chi connectivity index (χ1) is 43.5. The third-order valence-corrected chi connectivity index (χ3v) is 25.1. The molecule has 10 amide bonds. The van der Waals surface area contributed by atoms with E-state index in [0.29, 0.717) is 32.4 Å². The molecule has 23 heteroatoms. The van der Waals surface area contributed by atoms with Crippen LogP contribution in [0.4, 0.5) is 9.59 Å². The Morgan fingerprint density at radius 3 is 1.51 bits per heavy atom. The molecule has 0 radical (unpaired) electrons. The molecule has 1 spiro atoms. The zero-order chi connectivity index (χ0) is 70.1. The number of carbonyl (C=O) groups excluding carboxylic acids is 10. The number of rotatable bonds is 23. The summed E-state index contributed by atoms with van der Waals surface area (Å²) < 4.78 is 25.6. The Hall–Kier alpha value is -6.23. The fourth-order valence-electron chi connectivity index (χ4n) is 15.8. The lowest BCUT2D eigenvalue weighted by Crippen LogP contribution is -2.64. The number of terminal acetylenes is 2. The summed E-state index contributed by atoms with van der Waals surface area (Å²) in [5, 5.41) is 20.1. The highest BCUT2D eigenvalue weighted by Crippen LogP contribution is 2.79. The van der Waals surface area contributed by atoms with Crippen LogP contribution in [0.2, 0.25) is 0 Å². The van der Waals surface area contributed by atoms with Crippen molar-refractivity contribution in [1.29, 1.82) is 0 Å². The average Bonchev–Trinajstić information content (AvgIpc) is 1.49. The predicted octanol–water partition coefficient (Wildman–Crippen LogP) is 6.51. The van der Waals surface area contributed by atoms with Crippen molar-refractivity contribution in [3.8, 4) is 24.7 Å². The first-order valence-corrected chi connectivity index (χ1v) is 36.3. The number of likely N-dealkylation sites (tertiary alicyclic amines) is 2. The van der Waals surface area contributed by atoms with E-state index in [1.807, 2.05) is 41.5 Å². The van der Waals surface area contributed by atoms with E-state index >= 15 is 0 Å². The summed E-state index contributed by atoms with van der Waals surface area (Å²) in [6, 6.07) is -6.80. The van der Waals surface area contributed by atoms with Gasteiger partial charge in [-0.3, -0.25) is 38.4 Å². The SMILES string of the molecule is C#CCCC(NC(=O)[C@@H]1[C@@H]2C(CN1C(=O)[C@@H](NC(=O)NC1(CCC(C)(C)C)CCCCC1)C(C)(C)C)C2(C)C)C(=O)C(=O)NCC#C.CC(C)(C)[C@H](NC(=O)NC1(CS(=O)(=O)C(C)(C)C)CCCCC1)C(=O)N1CC2[C@@H]([C@H]1C(=O)NC(CC1CCC1)C(=O)C(N)=O)C21CC1. The number of sulfone groups is 1. The molecular formula is C71H112N10O12S. The van der Waals surface area contributed by atoms with Crippen LogP contribution in [-0.4, -0.2) is 155 Å². The number of nitrogens with two attached hydrogens (primary N) is 1. The van der Waals surface area contributed by atoms with Gasteiger partial charge in [-0.2, -0.15) is 0 Å². The minimum absolute atomic E-state index is 0.0398. The van der Waals surface area contributed by atoms with E-state index in [0.717, 1.165) is 96.3 Å². The molecule has 524 valence electrons. The Labute approximate surface area is 559 Å². The van der Waals surface area contributed by atoms with E-state index in [1.165, 1.54) is 0 Å². The largest absolute Gasteiger partial charge is 0.363 e. The summed E-state index contributed by atoms with van der Waals surface area (Å²) in [4.78, 5) is 137. The smallest absolute Gasteiger partial charge is 0.315 e. The van der Waals surface area contributed by atoms with Crippen LogP contribution in [0.5, 0.6) is 0 Å². The number of fused-ring (bicyclic) bond motifs is 4. The molecule has 8 aliphatic rings. The lowest BCUT2D eigenvalue weighted by Gasteiger charge is -2.41. The molecule has 0 bridgehead atoms. The lowest BCUT2D eigenvalue weighted by molar-refractivity contribution is -0.145. The van der Waals surface area contributed by atoms with Gasteiger partial charge >= 0.3 is 12.1 Å². The Kier molecular flexibility index (Phi) is 22.8. The second-order valence-electron chi connectivity index (χ2n) is 34.0. The van der Waals surface area contributed by atoms with E-state index in [-0.39, 0.29) is 88.5 Å². The Morgan fingerprint density at radius 2 is 1.07 bits per heavy atom. The van der Waals surface area contributed by atoms with Gasteiger partial charge in [0, 0.05) is 25.0 Å². The molecule has 2 saturated heterocycles. The van der Waals surface area contributed by atoms with E-state index in [4.69, 9.17) is 18.6 Å². The maximum atomic E-state index is 14.4. The number of urea groups is 2. The number of Topliss-reactive ketones (excluding diaryl/α,β-unsaturated/α-hetero) is 2. The zero-order valence-electron chi connectivity index (χ0n) is 58.8. The van der Waals surface area contributed by atoms with Crippen molar-refractivity contribution in [3.63, 3.8) is 0 Å². The fourth-order valence-corrected chi connectivity index (χ4v) is 17.4. The maximum absolute atomic E-state index is 14.4. The van der Waals surface area contributed by atoms with Crippen molar-refractivity contribution in [2.24, 2.45) is 62.4 Å². The quantitative estimate of drug-likeness (QED) is 0.0401. The molecule has 0 aromatic carbocycles. The van der Waals surface area contributed by atoms with Crippen LogP contribution in [0.3, 0.4) is 0 Å². The van der Waals surface area contributed by atoms with Gasteiger partial charge in [-0.05, 0) is 142 Å². The van der Waals surface area contributed by atoms with Crippen molar-refractivity contribution in [3.05, 3.63) is 0 Å². The molecule has 9 N–H and O–H groups in total. The number of nitrogens with zero attached hydrogens (tertiary/aromatic N) is 2. The molecule has 8 rings (SSSR count). The molecule has 0 aromatic heterocycles. The van der Waals surface area contributed by atoms with E-state index < -0.39 is 114 Å². The summed E-state index contributed by atoms with van der Waals surface area (Å²) >= 11 is 0. The van der Waals surface area contributed by atoms with Gasteiger partial charge in [0.15, 0.2) is 9.84 Å². The van der Waals surface area contributed by atoms with Crippen LogP contribution in [0.25, 0.3) is 0 Å². The highest BCUT2D eigenvalue weighted by molar-refractivity contribution is 7.92. The van der Waals surface area contributed by atoms with Crippen LogP contribution < -0.4 is 43.0 Å². The van der Waals surface area contributed by atoms with Crippen molar-refractivity contribution in [2.45, 2.75) is 277 Å². The summed E-state index contributed by atoms with van der Waals surface area (Å²) in [6.45, 7) is 27.5. The molecular weight excluding hydrogens is 1220 g/mol. The summed E-state index contributed by atoms with van der Waals surface area (Å²) in [5.41, 5.74) is 2.65. The number of nitrogens with one attached hydrogen (secondary N) is 7. The Bertz CT molecular complexity index is 3100. The fraction of sp³-hybridized carbons (Fsp3) is 0.803. The third-order valence-electron chi connectivity index (χ3n) is 22.3.